The number of aliphatic imine (C=N–C) groups is 1. The van der Waals surface area contributed by atoms with Crippen molar-refractivity contribution >= 4 is 34.6 Å². The van der Waals surface area contributed by atoms with Crippen LogP contribution < -0.4 is 5.73 Å². The zero-order chi connectivity index (χ0) is 18.3. The number of nitrogens with two attached hydrogens (primary N) is 1. The summed E-state index contributed by atoms with van der Waals surface area (Å²) < 4.78 is 1.87. The summed E-state index contributed by atoms with van der Waals surface area (Å²) in [7, 11) is 0. The summed E-state index contributed by atoms with van der Waals surface area (Å²) in [5.41, 5.74) is 8.13. The number of thiophene rings is 1. The Kier molecular flexibility index (Phi) is 4.31. The van der Waals surface area contributed by atoms with Gasteiger partial charge in [-0.1, -0.05) is 29.8 Å². The average Bonchev–Trinajstić information content (AvgIpc) is 3.16. The molecule has 0 atom stereocenters. The molecule has 0 aliphatic carbocycles. The van der Waals surface area contributed by atoms with Crippen LogP contribution in [0.5, 0.6) is 0 Å². The third-order valence-electron chi connectivity index (χ3n) is 4.03. The number of rotatable bonds is 4. The van der Waals surface area contributed by atoms with Crippen LogP contribution in [-0.4, -0.2) is 31.6 Å². The van der Waals surface area contributed by atoms with E-state index in [9.17, 15) is 9.90 Å². The maximum absolute atomic E-state index is 11.2. The fourth-order valence-electron chi connectivity index (χ4n) is 2.94. The first-order valence-electron chi connectivity index (χ1n) is 7.86. The number of carbonyl (C=O) groups is 1. The van der Waals surface area contributed by atoms with Crippen LogP contribution in [0, 0.1) is 0 Å². The van der Waals surface area contributed by atoms with E-state index in [0.717, 1.165) is 16.1 Å². The summed E-state index contributed by atoms with van der Waals surface area (Å²) in [5.74, 6) is 0.388. The van der Waals surface area contributed by atoms with Crippen LogP contribution in [0.3, 0.4) is 0 Å². The van der Waals surface area contributed by atoms with Crippen LogP contribution in [0.15, 0.2) is 35.3 Å². The van der Waals surface area contributed by atoms with Crippen molar-refractivity contribution in [1.29, 1.82) is 0 Å². The number of fused-ring (bicyclic) bond motifs is 3. The molecule has 1 aliphatic rings. The number of hydrogen-bond acceptors (Lipinski definition) is 6. The van der Waals surface area contributed by atoms with Gasteiger partial charge >= 0.3 is 5.97 Å². The van der Waals surface area contributed by atoms with Gasteiger partial charge in [0.05, 0.1) is 18.7 Å². The zero-order valence-corrected chi connectivity index (χ0v) is 15.1. The number of benzene rings is 1. The van der Waals surface area contributed by atoms with Crippen molar-refractivity contribution in [2.45, 2.75) is 19.5 Å². The van der Waals surface area contributed by atoms with Gasteiger partial charge in [-0.25, -0.2) is 0 Å². The second-order valence-electron chi connectivity index (χ2n) is 5.72. The molecule has 0 amide bonds. The molecule has 0 fully saturated rings. The second kappa shape index (κ2) is 6.64. The van der Waals surface area contributed by atoms with E-state index in [1.165, 1.54) is 11.3 Å². The molecule has 1 aromatic carbocycles. The standard InChI is InChI=1S/C17H14ClN5O2S/c18-12-4-2-1-3-10(12)16-11-5-9(6-15(24)25)26-17(11)23-13(7-19)21-22-14(23)8-20-16/h1-5H,6-8,19H2,(H,24,25). The number of aliphatic carboxylic acids is 1. The topological polar surface area (TPSA) is 106 Å². The van der Waals surface area contributed by atoms with E-state index in [0.29, 0.717) is 33.8 Å². The first-order chi connectivity index (χ1) is 12.6. The van der Waals surface area contributed by atoms with Crippen LogP contribution in [0.4, 0.5) is 0 Å². The van der Waals surface area contributed by atoms with Crippen LogP contribution >= 0.6 is 22.9 Å². The molecular formula is C17H14ClN5O2S. The Labute approximate surface area is 157 Å². The van der Waals surface area contributed by atoms with Gasteiger partial charge in [0, 0.05) is 21.0 Å². The molecule has 2 aromatic heterocycles. The Hall–Kier alpha value is -2.55. The lowest BCUT2D eigenvalue weighted by Gasteiger charge is -2.09. The molecule has 3 aromatic rings. The monoisotopic (exact) mass is 387 g/mol. The van der Waals surface area contributed by atoms with Gasteiger partial charge in [0.2, 0.25) is 0 Å². The Morgan fingerprint density at radius 2 is 2.12 bits per heavy atom. The van der Waals surface area contributed by atoms with Crippen LogP contribution in [0.25, 0.3) is 5.00 Å². The van der Waals surface area contributed by atoms with E-state index in [2.05, 4.69) is 10.2 Å². The molecule has 0 spiro atoms. The predicted octanol–water partition coefficient (Wildman–Crippen LogP) is 2.42. The highest BCUT2D eigenvalue weighted by molar-refractivity contribution is 7.15. The van der Waals surface area contributed by atoms with Gasteiger partial charge in [-0.3, -0.25) is 14.4 Å². The maximum Gasteiger partial charge on any atom is 0.308 e. The quantitative estimate of drug-likeness (QED) is 0.715. The van der Waals surface area contributed by atoms with E-state index in [-0.39, 0.29) is 13.0 Å². The number of hydrogen-bond donors (Lipinski definition) is 2. The predicted molar refractivity (Wildman–Crippen MR) is 99.3 cm³/mol. The van der Waals surface area contributed by atoms with Gasteiger partial charge in [-0.15, -0.1) is 21.5 Å². The molecule has 1 aliphatic heterocycles. The summed E-state index contributed by atoms with van der Waals surface area (Å²) in [6, 6.07) is 9.31. The molecule has 132 valence electrons. The van der Waals surface area contributed by atoms with Crippen LogP contribution in [-0.2, 0) is 24.3 Å². The van der Waals surface area contributed by atoms with E-state index >= 15 is 0 Å². The van der Waals surface area contributed by atoms with Gasteiger partial charge < -0.3 is 10.8 Å². The van der Waals surface area contributed by atoms with E-state index in [1.807, 2.05) is 28.8 Å². The SMILES string of the molecule is NCc1nnc2n1-c1sc(CC(=O)O)cc1C(c1ccccc1Cl)=NC2. The largest absolute Gasteiger partial charge is 0.481 e. The van der Waals surface area contributed by atoms with Gasteiger partial charge in [0.1, 0.15) is 11.5 Å². The van der Waals surface area contributed by atoms with Crippen molar-refractivity contribution in [2.24, 2.45) is 10.7 Å². The van der Waals surface area contributed by atoms with Crippen molar-refractivity contribution in [3.8, 4) is 5.00 Å². The Morgan fingerprint density at radius 3 is 2.85 bits per heavy atom. The molecule has 7 nitrogen and oxygen atoms in total. The first kappa shape index (κ1) is 16.9. The fraction of sp³-hybridized carbons (Fsp3) is 0.176. The third kappa shape index (κ3) is 2.82. The molecule has 4 rings (SSSR count). The highest BCUT2D eigenvalue weighted by Gasteiger charge is 2.26. The molecule has 9 heteroatoms. The highest BCUT2D eigenvalue weighted by Crippen LogP contribution is 2.34. The number of carboxylic acid groups (broad SMARTS) is 1. The summed E-state index contributed by atoms with van der Waals surface area (Å²) in [5, 5.41) is 18.9. The summed E-state index contributed by atoms with van der Waals surface area (Å²) in [6.07, 6.45) is -0.0666. The van der Waals surface area contributed by atoms with Crippen LogP contribution in [0.1, 0.15) is 27.7 Å². The fourth-order valence-corrected chi connectivity index (χ4v) is 4.36. The van der Waals surface area contributed by atoms with Crippen molar-refractivity contribution < 1.29 is 9.90 Å². The zero-order valence-electron chi connectivity index (χ0n) is 13.5. The minimum absolute atomic E-state index is 0.0666. The maximum atomic E-state index is 11.2. The molecule has 0 bridgehead atoms. The Bertz CT molecular complexity index is 1040. The van der Waals surface area contributed by atoms with Gasteiger partial charge in [0.15, 0.2) is 11.6 Å². The molecule has 0 saturated carbocycles. The number of aromatic nitrogens is 3. The first-order valence-corrected chi connectivity index (χ1v) is 9.05. The lowest BCUT2D eigenvalue weighted by Crippen LogP contribution is -2.09. The number of nitrogens with zero attached hydrogens (tertiary/aromatic N) is 4. The van der Waals surface area contributed by atoms with E-state index in [4.69, 9.17) is 22.3 Å². The normalized spacial score (nSPS) is 12.9. The summed E-state index contributed by atoms with van der Waals surface area (Å²) in [4.78, 5) is 16.6. The van der Waals surface area contributed by atoms with Gasteiger partial charge in [0.25, 0.3) is 0 Å². The van der Waals surface area contributed by atoms with Crippen LogP contribution in [0.2, 0.25) is 5.02 Å². The lowest BCUT2D eigenvalue weighted by molar-refractivity contribution is -0.136. The second-order valence-corrected chi connectivity index (χ2v) is 7.24. The van der Waals surface area contributed by atoms with Gasteiger partial charge in [-0.05, 0) is 12.1 Å². The highest BCUT2D eigenvalue weighted by atomic mass is 35.5. The molecule has 26 heavy (non-hydrogen) atoms. The average molecular weight is 388 g/mol. The summed E-state index contributed by atoms with van der Waals surface area (Å²) in [6.45, 7) is 0.559. The molecule has 3 N–H and O–H groups in total. The number of carboxylic acids is 1. The van der Waals surface area contributed by atoms with Crippen molar-refractivity contribution in [2.75, 3.05) is 0 Å². The molecule has 3 heterocycles. The molecule has 0 unspecified atom stereocenters. The Morgan fingerprint density at radius 1 is 1.31 bits per heavy atom. The minimum atomic E-state index is -0.888. The molecular weight excluding hydrogens is 374 g/mol. The van der Waals surface area contributed by atoms with Gasteiger partial charge in [-0.2, -0.15) is 0 Å². The smallest absolute Gasteiger partial charge is 0.308 e. The molecule has 0 radical (unpaired) electrons. The van der Waals surface area contributed by atoms with Crippen molar-refractivity contribution in [3.63, 3.8) is 0 Å². The lowest BCUT2D eigenvalue weighted by atomic mass is 10.0. The third-order valence-corrected chi connectivity index (χ3v) is 5.48. The Balaban J connectivity index is 1.95. The number of halogens is 1. The molecule has 0 saturated heterocycles. The van der Waals surface area contributed by atoms with Crippen molar-refractivity contribution in [1.82, 2.24) is 14.8 Å². The van der Waals surface area contributed by atoms with Crippen molar-refractivity contribution in [3.05, 3.63) is 63.0 Å². The van der Waals surface area contributed by atoms with E-state index < -0.39 is 5.97 Å². The minimum Gasteiger partial charge on any atom is -0.481 e. The van der Waals surface area contributed by atoms with E-state index in [1.54, 1.807) is 6.07 Å². The summed E-state index contributed by atoms with van der Waals surface area (Å²) >= 11 is 7.77.